The van der Waals surface area contributed by atoms with Crippen molar-refractivity contribution in [2.24, 2.45) is 0 Å². The molecule has 8 nitrogen and oxygen atoms in total. The van der Waals surface area contributed by atoms with E-state index in [1.54, 1.807) is 10.5 Å². The molecule has 0 amide bonds. The van der Waals surface area contributed by atoms with Gasteiger partial charge in [-0.2, -0.15) is 9.40 Å². The fourth-order valence-corrected chi connectivity index (χ4v) is 5.19. The van der Waals surface area contributed by atoms with Crippen LogP contribution in [0.25, 0.3) is 0 Å². The second-order valence-corrected chi connectivity index (χ2v) is 9.47. The summed E-state index contributed by atoms with van der Waals surface area (Å²) in [5.74, 6) is 0.894. The molecule has 0 spiro atoms. The molecule has 0 N–H and O–H groups in total. The molecule has 29 heavy (non-hydrogen) atoms. The topological polar surface area (TPSA) is 78.9 Å². The maximum Gasteiger partial charge on any atom is 0.218 e. The number of morpholine rings is 1. The normalized spacial score (nSPS) is 18.8. The summed E-state index contributed by atoms with van der Waals surface area (Å²) in [6.07, 6.45) is 1.75. The van der Waals surface area contributed by atoms with Crippen LogP contribution in [-0.4, -0.2) is 75.4 Å². The van der Waals surface area contributed by atoms with Gasteiger partial charge in [0.05, 0.1) is 30.9 Å². The summed E-state index contributed by atoms with van der Waals surface area (Å²) in [5, 5.41) is 8.41. The lowest BCUT2D eigenvalue weighted by atomic mass is 10.2. The van der Waals surface area contributed by atoms with E-state index in [1.807, 2.05) is 37.3 Å². The van der Waals surface area contributed by atoms with Crippen LogP contribution >= 0.6 is 0 Å². The van der Waals surface area contributed by atoms with E-state index in [4.69, 9.17) is 4.74 Å². The highest BCUT2D eigenvalue weighted by Crippen LogP contribution is 2.22. The Morgan fingerprint density at radius 3 is 2.34 bits per heavy atom. The Morgan fingerprint density at radius 1 is 0.966 bits per heavy atom. The summed E-state index contributed by atoms with van der Waals surface area (Å²) in [5.41, 5.74) is 2.94. The summed E-state index contributed by atoms with van der Waals surface area (Å²) < 4.78 is 32.6. The smallest absolute Gasteiger partial charge is 0.218 e. The van der Waals surface area contributed by atoms with E-state index in [-0.39, 0.29) is 5.75 Å². The lowest BCUT2D eigenvalue weighted by Crippen LogP contribution is -2.49. The average molecular weight is 418 g/mol. The maximum atomic E-state index is 12.8. The van der Waals surface area contributed by atoms with Gasteiger partial charge in [-0.1, -0.05) is 29.8 Å². The standard InChI is InChI=1S/C20H27N5O3S/c1-17-2-4-18(5-3-17)16-29(26,27)25-8-6-23(7-9-25)19-14-20(22-21-15-19)24-10-12-28-13-11-24/h2-5,14-15H,6-13,16H2,1H3. The van der Waals surface area contributed by atoms with Gasteiger partial charge in [0.25, 0.3) is 0 Å². The third-order valence-electron chi connectivity index (χ3n) is 5.43. The van der Waals surface area contributed by atoms with Gasteiger partial charge in [0.2, 0.25) is 10.0 Å². The number of hydrogen-bond donors (Lipinski definition) is 0. The number of rotatable bonds is 5. The van der Waals surface area contributed by atoms with Crippen molar-refractivity contribution in [3.63, 3.8) is 0 Å². The molecule has 2 aliphatic heterocycles. The monoisotopic (exact) mass is 417 g/mol. The quantitative estimate of drug-likeness (QED) is 0.725. The van der Waals surface area contributed by atoms with Gasteiger partial charge in [0.1, 0.15) is 0 Å². The molecule has 156 valence electrons. The molecular formula is C20H27N5O3S. The molecule has 0 unspecified atom stereocenters. The number of nitrogens with zero attached hydrogens (tertiary/aromatic N) is 5. The molecule has 2 fully saturated rings. The summed E-state index contributed by atoms with van der Waals surface area (Å²) in [4.78, 5) is 4.35. The van der Waals surface area contributed by atoms with Crippen LogP contribution in [0.3, 0.4) is 0 Å². The molecule has 0 saturated carbocycles. The Labute approximate surface area is 172 Å². The van der Waals surface area contributed by atoms with Crippen LogP contribution in [0, 0.1) is 6.92 Å². The van der Waals surface area contributed by atoms with Crippen LogP contribution in [0.2, 0.25) is 0 Å². The number of aryl methyl sites for hydroxylation is 1. The van der Waals surface area contributed by atoms with Gasteiger partial charge in [-0.3, -0.25) is 0 Å². The fourth-order valence-electron chi connectivity index (χ4n) is 3.68. The third kappa shape index (κ3) is 4.85. The third-order valence-corrected chi connectivity index (χ3v) is 7.28. The number of piperazine rings is 1. The highest BCUT2D eigenvalue weighted by atomic mass is 32.2. The first-order valence-corrected chi connectivity index (χ1v) is 11.6. The Morgan fingerprint density at radius 2 is 1.66 bits per heavy atom. The van der Waals surface area contributed by atoms with Crippen molar-refractivity contribution in [3.8, 4) is 0 Å². The number of anilines is 2. The van der Waals surface area contributed by atoms with Crippen molar-refractivity contribution >= 4 is 21.5 Å². The van der Waals surface area contributed by atoms with Crippen LogP contribution in [0.1, 0.15) is 11.1 Å². The molecule has 2 aromatic rings. The van der Waals surface area contributed by atoms with Crippen LogP contribution in [0.15, 0.2) is 36.5 Å². The number of ether oxygens (including phenoxy) is 1. The zero-order valence-corrected chi connectivity index (χ0v) is 17.5. The van der Waals surface area contributed by atoms with E-state index >= 15 is 0 Å². The summed E-state index contributed by atoms with van der Waals surface area (Å²) in [7, 11) is -3.32. The Kier molecular flexibility index (Phi) is 5.98. The fraction of sp³-hybridized carbons (Fsp3) is 0.500. The van der Waals surface area contributed by atoms with E-state index in [1.165, 1.54) is 0 Å². The second-order valence-electron chi connectivity index (χ2n) is 7.50. The lowest BCUT2D eigenvalue weighted by Gasteiger charge is -2.35. The van der Waals surface area contributed by atoms with Crippen molar-refractivity contribution < 1.29 is 13.2 Å². The largest absolute Gasteiger partial charge is 0.378 e. The molecule has 0 atom stereocenters. The number of aromatic nitrogens is 2. The first-order valence-electron chi connectivity index (χ1n) is 9.95. The Hall–Kier alpha value is -2.23. The molecule has 1 aromatic carbocycles. The van der Waals surface area contributed by atoms with E-state index < -0.39 is 10.0 Å². The van der Waals surface area contributed by atoms with Crippen LogP contribution < -0.4 is 9.80 Å². The molecular weight excluding hydrogens is 390 g/mol. The van der Waals surface area contributed by atoms with Gasteiger partial charge >= 0.3 is 0 Å². The molecule has 4 rings (SSSR count). The zero-order valence-electron chi connectivity index (χ0n) is 16.7. The second kappa shape index (κ2) is 8.64. The summed E-state index contributed by atoms with van der Waals surface area (Å²) >= 11 is 0. The zero-order chi connectivity index (χ0) is 20.3. The van der Waals surface area contributed by atoms with Crippen LogP contribution in [0.5, 0.6) is 0 Å². The van der Waals surface area contributed by atoms with Gasteiger partial charge in [-0.25, -0.2) is 8.42 Å². The van der Waals surface area contributed by atoms with Crippen molar-refractivity contribution in [2.45, 2.75) is 12.7 Å². The van der Waals surface area contributed by atoms with Crippen molar-refractivity contribution in [3.05, 3.63) is 47.7 Å². The molecule has 2 saturated heterocycles. The molecule has 0 bridgehead atoms. The van der Waals surface area contributed by atoms with Gasteiger partial charge in [-0.05, 0) is 12.5 Å². The molecule has 0 aliphatic carbocycles. The van der Waals surface area contributed by atoms with Gasteiger partial charge in [0, 0.05) is 45.3 Å². The first kappa shape index (κ1) is 20.1. The first-order chi connectivity index (χ1) is 14.0. The van der Waals surface area contributed by atoms with Gasteiger partial charge < -0.3 is 14.5 Å². The van der Waals surface area contributed by atoms with Crippen LogP contribution in [0.4, 0.5) is 11.5 Å². The Bertz CT molecular complexity index is 921. The lowest BCUT2D eigenvalue weighted by molar-refractivity contribution is 0.122. The summed E-state index contributed by atoms with van der Waals surface area (Å²) in [6, 6.07) is 9.71. The molecule has 1 aromatic heterocycles. The number of hydrogen-bond acceptors (Lipinski definition) is 7. The number of sulfonamides is 1. The minimum absolute atomic E-state index is 0.0469. The summed E-state index contributed by atoms with van der Waals surface area (Å²) in [6.45, 7) is 7.24. The van der Waals surface area contributed by atoms with Gasteiger partial charge in [-0.15, -0.1) is 5.10 Å². The maximum absolute atomic E-state index is 12.8. The highest BCUT2D eigenvalue weighted by molar-refractivity contribution is 7.88. The predicted molar refractivity (Wildman–Crippen MR) is 113 cm³/mol. The van der Waals surface area contributed by atoms with Crippen molar-refractivity contribution in [2.75, 3.05) is 62.3 Å². The van der Waals surface area contributed by atoms with E-state index in [9.17, 15) is 8.42 Å². The van der Waals surface area contributed by atoms with Crippen LogP contribution in [-0.2, 0) is 20.5 Å². The molecule has 9 heteroatoms. The predicted octanol–water partition coefficient (Wildman–Crippen LogP) is 1.27. The molecule has 3 heterocycles. The van der Waals surface area contributed by atoms with Crippen molar-refractivity contribution in [1.29, 1.82) is 0 Å². The minimum Gasteiger partial charge on any atom is -0.378 e. The molecule has 0 radical (unpaired) electrons. The van der Waals surface area contributed by atoms with E-state index in [2.05, 4.69) is 20.0 Å². The molecule has 2 aliphatic rings. The SMILES string of the molecule is Cc1ccc(CS(=O)(=O)N2CCN(c3cnnc(N4CCOCC4)c3)CC2)cc1. The number of benzene rings is 1. The average Bonchev–Trinajstić information content (AvgIpc) is 2.76. The highest BCUT2D eigenvalue weighted by Gasteiger charge is 2.27. The Balaban J connectivity index is 1.38. The minimum atomic E-state index is -3.32. The van der Waals surface area contributed by atoms with Gasteiger partial charge in [0.15, 0.2) is 5.82 Å². The van der Waals surface area contributed by atoms with Crippen molar-refractivity contribution in [1.82, 2.24) is 14.5 Å². The van der Waals surface area contributed by atoms with E-state index in [0.29, 0.717) is 39.4 Å². The van der Waals surface area contributed by atoms with E-state index in [0.717, 1.165) is 35.7 Å².